The molecule has 1 atom stereocenters. The molecule has 2 aromatic rings. The van der Waals surface area contributed by atoms with Gasteiger partial charge < -0.3 is 14.6 Å². The van der Waals surface area contributed by atoms with E-state index in [1.807, 2.05) is 0 Å². The van der Waals surface area contributed by atoms with E-state index in [1.165, 1.54) is 6.07 Å². The van der Waals surface area contributed by atoms with Gasteiger partial charge in [0, 0.05) is 6.42 Å². The average Bonchev–Trinajstić information content (AvgIpc) is 2.54. The maximum Gasteiger partial charge on any atom is 0.335 e. The summed E-state index contributed by atoms with van der Waals surface area (Å²) < 4.78 is 23.7. The summed E-state index contributed by atoms with van der Waals surface area (Å²) in [6.45, 7) is 1.95. The molecule has 0 aliphatic rings. The summed E-state index contributed by atoms with van der Waals surface area (Å²) in [5.74, 6) is 0.0645. The van der Waals surface area contributed by atoms with E-state index in [2.05, 4.69) is 0 Å². The number of carboxylic acids is 1. The lowest BCUT2D eigenvalue weighted by Crippen LogP contribution is -2.07. The standard InChI is InChI=1S/C17H17FO4/c1-2-16(18)22-15-8-6-14(7-9-15)21-11-12-4-3-5-13(10-12)17(19)20/h3-10,16H,2,11H2,1H3,(H,19,20). The zero-order chi connectivity index (χ0) is 15.9. The Labute approximate surface area is 128 Å². The summed E-state index contributed by atoms with van der Waals surface area (Å²) in [5.41, 5.74) is 0.980. The van der Waals surface area contributed by atoms with Gasteiger partial charge in [-0.05, 0) is 42.0 Å². The van der Waals surface area contributed by atoms with Crippen molar-refractivity contribution in [2.24, 2.45) is 0 Å². The van der Waals surface area contributed by atoms with Crippen LogP contribution in [-0.2, 0) is 6.61 Å². The Bertz CT molecular complexity index is 625. The van der Waals surface area contributed by atoms with Gasteiger partial charge in [0.25, 0.3) is 0 Å². The number of carboxylic acid groups (broad SMARTS) is 1. The predicted molar refractivity (Wildman–Crippen MR) is 80.0 cm³/mol. The third-order valence-electron chi connectivity index (χ3n) is 2.99. The topological polar surface area (TPSA) is 55.8 Å². The lowest BCUT2D eigenvalue weighted by molar-refractivity contribution is 0.0640. The van der Waals surface area contributed by atoms with Crippen LogP contribution in [0.2, 0.25) is 0 Å². The normalized spacial score (nSPS) is 11.7. The van der Waals surface area contributed by atoms with Crippen LogP contribution < -0.4 is 9.47 Å². The lowest BCUT2D eigenvalue weighted by Gasteiger charge is -2.10. The fourth-order valence-corrected chi connectivity index (χ4v) is 1.81. The van der Waals surface area contributed by atoms with Crippen LogP contribution in [0.5, 0.6) is 11.5 Å². The number of hydrogen-bond acceptors (Lipinski definition) is 3. The quantitative estimate of drug-likeness (QED) is 0.838. The van der Waals surface area contributed by atoms with Crippen LogP contribution in [-0.4, -0.2) is 17.4 Å². The second-order valence-electron chi connectivity index (χ2n) is 4.70. The SMILES string of the molecule is CCC(F)Oc1ccc(OCc2cccc(C(=O)O)c2)cc1. The van der Waals surface area contributed by atoms with Gasteiger partial charge >= 0.3 is 5.97 Å². The molecule has 0 saturated carbocycles. The molecule has 0 fully saturated rings. The second kappa shape index (κ2) is 7.45. The van der Waals surface area contributed by atoms with Crippen molar-refractivity contribution >= 4 is 5.97 Å². The number of carbonyl (C=O) groups is 1. The number of aromatic carboxylic acids is 1. The van der Waals surface area contributed by atoms with Crippen molar-refractivity contribution in [1.82, 2.24) is 0 Å². The van der Waals surface area contributed by atoms with E-state index in [0.717, 1.165) is 5.56 Å². The van der Waals surface area contributed by atoms with Crippen LogP contribution in [0.1, 0.15) is 29.3 Å². The highest BCUT2D eigenvalue weighted by Gasteiger charge is 2.06. The number of rotatable bonds is 7. The number of benzene rings is 2. The van der Waals surface area contributed by atoms with Gasteiger partial charge in [-0.25, -0.2) is 9.18 Å². The second-order valence-corrected chi connectivity index (χ2v) is 4.70. The van der Waals surface area contributed by atoms with Gasteiger partial charge in [-0.1, -0.05) is 19.1 Å². The molecule has 1 N–H and O–H groups in total. The van der Waals surface area contributed by atoms with E-state index in [4.69, 9.17) is 14.6 Å². The Kier molecular flexibility index (Phi) is 5.36. The largest absolute Gasteiger partial charge is 0.489 e. The van der Waals surface area contributed by atoms with Gasteiger partial charge in [0.2, 0.25) is 6.36 Å². The molecular formula is C17H17FO4. The molecule has 0 saturated heterocycles. The van der Waals surface area contributed by atoms with Crippen molar-refractivity contribution in [3.05, 3.63) is 59.7 Å². The summed E-state index contributed by atoms with van der Waals surface area (Å²) in [5, 5.41) is 8.93. The monoisotopic (exact) mass is 304 g/mol. The molecule has 0 spiro atoms. The van der Waals surface area contributed by atoms with Crippen LogP contribution in [0, 0.1) is 0 Å². The third kappa shape index (κ3) is 4.48. The molecule has 2 aromatic carbocycles. The third-order valence-corrected chi connectivity index (χ3v) is 2.99. The Hall–Kier alpha value is -2.56. The summed E-state index contributed by atoms with van der Waals surface area (Å²) in [6.07, 6.45) is -1.02. The van der Waals surface area contributed by atoms with Gasteiger partial charge in [-0.2, -0.15) is 0 Å². The first-order valence-electron chi connectivity index (χ1n) is 6.94. The number of hydrogen-bond donors (Lipinski definition) is 1. The molecule has 0 aromatic heterocycles. The fraction of sp³-hybridized carbons (Fsp3) is 0.235. The number of halogens is 1. The molecule has 0 aliphatic heterocycles. The molecule has 0 radical (unpaired) electrons. The van der Waals surface area contributed by atoms with E-state index < -0.39 is 12.3 Å². The van der Waals surface area contributed by atoms with Gasteiger partial charge in [0.05, 0.1) is 5.56 Å². The van der Waals surface area contributed by atoms with E-state index in [1.54, 1.807) is 49.4 Å². The Balaban J connectivity index is 1.94. The van der Waals surface area contributed by atoms with Gasteiger partial charge in [0.1, 0.15) is 18.1 Å². The number of ether oxygens (including phenoxy) is 2. The van der Waals surface area contributed by atoms with Crippen molar-refractivity contribution < 1.29 is 23.8 Å². The molecule has 1 unspecified atom stereocenters. The highest BCUT2D eigenvalue weighted by molar-refractivity contribution is 5.87. The van der Waals surface area contributed by atoms with Crippen molar-refractivity contribution in [3.8, 4) is 11.5 Å². The molecule has 2 rings (SSSR count). The first kappa shape index (κ1) is 15.8. The maximum absolute atomic E-state index is 13.1. The summed E-state index contributed by atoms with van der Waals surface area (Å²) in [6, 6.07) is 13.2. The van der Waals surface area contributed by atoms with Crippen molar-refractivity contribution in [2.75, 3.05) is 0 Å². The van der Waals surface area contributed by atoms with Crippen molar-refractivity contribution in [2.45, 2.75) is 26.3 Å². The minimum atomic E-state index is -1.31. The Morgan fingerprint density at radius 3 is 2.50 bits per heavy atom. The predicted octanol–water partition coefficient (Wildman–Crippen LogP) is 4.05. The molecule has 0 heterocycles. The number of alkyl halides is 1. The van der Waals surface area contributed by atoms with Crippen LogP contribution in [0.4, 0.5) is 4.39 Å². The van der Waals surface area contributed by atoms with Gasteiger partial charge in [0.15, 0.2) is 0 Å². The van der Waals surface area contributed by atoms with E-state index >= 15 is 0 Å². The van der Waals surface area contributed by atoms with Crippen molar-refractivity contribution in [1.29, 1.82) is 0 Å². The highest BCUT2D eigenvalue weighted by Crippen LogP contribution is 2.20. The molecule has 116 valence electrons. The minimum absolute atomic E-state index is 0.221. The molecule has 0 bridgehead atoms. The van der Waals surface area contributed by atoms with E-state index in [-0.39, 0.29) is 18.6 Å². The minimum Gasteiger partial charge on any atom is -0.489 e. The Morgan fingerprint density at radius 2 is 1.86 bits per heavy atom. The van der Waals surface area contributed by atoms with Crippen LogP contribution in [0.15, 0.2) is 48.5 Å². The summed E-state index contributed by atoms with van der Waals surface area (Å²) in [4.78, 5) is 10.9. The molecule has 0 aliphatic carbocycles. The van der Waals surface area contributed by atoms with Gasteiger partial charge in [-0.15, -0.1) is 0 Å². The lowest BCUT2D eigenvalue weighted by atomic mass is 10.1. The fourth-order valence-electron chi connectivity index (χ4n) is 1.81. The highest BCUT2D eigenvalue weighted by atomic mass is 19.1. The van der Waals surface area contributed by atoms with E-state index in [0.29, 0.717) is 11.5 Å². The molecule has 0 amide bonds. The zero-order valence-electron chi connectivity index (χ0n) is 12.2. The first-order valence-corrected chi connectivity index (χ1v) is 6.94. The first-order chi connectivity index (χ1) is 10.6. The van der Waals surface area contributed by atoms with Gasteiger partial charge in [-0.3, -0.25) is 0 Å². The molecule has 4 nitrogen and oxygen atoms in total. The Morgan fingerprint density at radius 1 is 1.18 bits per heavy atom. The average molecular weight is 304 g/mol. The van der Waals surface area contributed by atoms with Crippen LogP contribution in [0.25, 0.3) is 0 Å². The molecule has 5 heteroatoms. The molecule has 22 heavy (non-hydrogen) atoms. The van der Waals surface area contributed by atoms with Crippen LogP contribution >= 0.6 is 0 Å². The smallest absolute Gasteiger partial charge is 0.335 e. The molecular weight excluding hydrogens is 287 g/mol. The van der Waals surface area contributed by atoms with Crippen LogP contribution in [0.3, 0.4) is 0 Å². The maximum atomic E-state index is 13.1. The summed E-state index contributed by atoms with van der Waals surface area (Å²) in [7, 11) is 0. The summed E-state index contributed by atoms with van der Waals surface area (Å²) >= 11 is 0. The zero-order valence-corrected chi connectivity index (χ0v) is 12.2. The van der Waals surface area contributed by atoms with E-state index in [9.17, 15) is 9.18 Å². The van der Waals surface area contributed by atoms with Crippen molar-refractivity contribution in [3.63, 3.8) is 0 Å².